The normalized spacial score (nSPS) is 22.1. The number of ether oxygens (including phenoxy) is 1. The Hall–Kier alpha value is -0.910. The molecule has 0 radical (unpaired) electrons. The van der Waals surface area contributed by atoms with E-state index in [4.69, 9.17) is 9.84 Å². The van der Waals surface area contributed by atoms with Crippen LogP contribution in [0.2, 0.25) is 0 Å². The molecule has 14 heavy (non-hydrogen) atoms. The minimum Gasteiger partial charge on any atom is -0.477 e. The first-order valence-electron chi connectivity index (χ1n) is 4.41. The maximum absolute atomic E-state index is 10.7. The number of aromatic carboxylic acids is 1. The van der Waals surface area contributed by atoms with Crippen LogP contribution >= 0.6 is 11.3 Å². The van der Waals surface area contributed by atoms with Gasteiger partial charge in [0.25, 0.3) is 0 Å². The molecule has 0 bridgehead atoms. The third-order valence-electron chi connectivity index (χ3n) is 2.10. The Morgan fingerprint density at radius 3 is 3.07 bits per heavy atom. The molecule has 0 aliphatic carbocycles. The van der Waals surface area contributed by atoms with Gasteiger partial charge in [-0.2, -0.15) is 0 Å². The third-order valence-corrected chi connectivity index (χ3v) is 3.29. The highest BCUT2D eigenvalue weighted by Gasteiger charge is 2.18. The highest BCUT2D eigenvalue weighted by atomic mass is 32.1. The molecule has 1 aromatic rings. The zero-order chi connectivity index (χ0) is 9.97. The molecule has 2 rings (SSSR count). The van der Waals surface area contributed by atoms with Crippen molar-refractivity contribution in [3.8, 4) is 0 Å². The van der Waals surface area contributed by atoms with Crippen LogP contribution in [0.15, 0.2) is 12.1 Å². The topological polar surface area (TPSA) is 58.6 Å². The fourth-order valence-electron chi connectivity index (χ4n) is 1.40. The Morgan fingerprint density at radius 2 is 2.50 bits per heavy atom. The van der Waals surface area contributed by atoms with Crippen LogP contribution in [0.4, 0.5) is 0 Å². The smallest absolute Gasteiger partial charge is 0.345 e. The summed E-state index contributed by atoms with van der Waals surface area (Å²) >= 11 is 1.31. The molecule has 2 heterocycles. The van der Waals surface area contributed by atoms with Gasteiger partial charge in [0.1, 0.15) is 4.88 Å². The molecule has 1 fully saturated rings. The minimum atomic E-state index is -0.863. The molecule has 0 saturated carbocycles. The lowest BCUT2D eigenvalue weighted by atomic mass is 10.2. The third kappa shape index (κ3) is 1.95. The van der Waals surface area contributed by atoms with Crippen LogP contribution in [-0.2, 0) is 4.74 Å². The van der Waals surface area contributed by atoms with E-state index in [1.54, 1.807) is 6.07 Å². The molecule has 1 aliphatic heterocycles. The molecular weight excluding hydrogens is 202 g/mol. The van der Waals surface area contributed by atoms with Crippen LogP contribution < -0.4 is 5.32 Å². The average Bonchev–Trinajstić information content (AvgIpc) is 2.68. The van der Waals surface area contributed by atoms with Crippen molar-refractivity contribution in [1.82, 2.24) is 5.32 Å². The molecule has 2 N–H and O–H groups in total. The van der Waals surface area contributed by atoms with E-state index in [9.17, 15) is 4.79 Å². The molecule has 1 aliphatic rings. The lowest BCUT2D eigenvalue weighted by Gasteiger charge is -2.22. The lowest BCUT2D eigenvalue weighted by Crippen LogP contribution is -2.33. The van der Waals surface area contributed by atoms with Gasteiger partial charge >= 0.3 is 5.97 Å². The van der Waals surface area contributed by atoms with Gasteiger partial charge in [0, 0.05) is 11.4 Å². The number of carboxylic acid groups (broad SMARTS) is 1. The van der Waals surface area contributed by atoms with Crippen molar-refractivity contribution in [2.75, 3.05) is 19.8 Å². The quantitative estimate of drug-likeness (QED) is 0.772. The number of hydrogen-bond donors (Lipinski definition) is 2. The van der Waals surface area contributed by atoms with Crippen molar-refractivity contribution in [2.24, 2.45) is 0 Å². The number of carbonyl (C=O) groups is 1. The van der Waals surface area contributed by atoms with Crippen LogP contribution in [0.1, 0.15) is 20.6 Å². The Labute approximate surface area is 85.5 Å². The summed E-state index contributed by atoms with van der Waals surface area (Å²) in [4.78, 5) is 12.1. The molecule has 5 heteroatoms. The Balaban J connectivity index is 2.11. The van der Waals surface area contributed by atoms with Crippen LogP contribution in [0.5, 0.6) is 0 Å². The largest absolute Gasteiger partial charge is 0.477 e. The Kier molecular flexibility index (Phi) is 2.81. The first kappa shape index (κ1) is 9.64. The van der Waals surface area contributed by atoms with Crippen LogP contribution in [0.25, 0.3) is 0 Å². The number of carboxylic acids is 1. The highest BCUT2D eigenvalue weighted by molar-refractivity contribution is 7.14. The highest BCUT2D eigenvalue weighted by Crippen LogP contribution is 2.24. The second-order valence-electron chi connectivity index (χ2n) is 3.09. The number of morpholine rings is 1. The second kappa shape index (κ2) is 4.08. The van der Waals surface area contributed by atoms with Crippen molar-refractivity contribution in [3.05, 3.63) is 21.9 Å². The zero-order valence-corrected chi connectivity index (χ0v) is 8.34. The number of rotatable bonds is 2. The van der Waals surface area contributed by atoms with Gasteiger partial charge in [-0.05, 0) is 12.1 Å². The van der Waals surface area contributed by atoms with Gasteiger partial charge < -0.3 is 15.2 Å². The zero-order valence-electron chi connectivity index (χ0n) is 7.53. The molecule has 1 atom stereocenters. The van der Waals surface area contributed by atoms with Gasteiger partial charge in [0.2, 0.25) is 0 Å². The number of nitrogens with one attached hydrogen (secondary N) is 1. The molecule has 1 saturated heterocycles. The van der Waals surface area contributed by atoms with E-state index in [0.29, 0.717) is 11.5 Å². The molecule has 0 aromatic carbocycles. The molecule has 0 amide bonds. The molecular formula is C9H11NO3S. The average molecular weight is 213 g/mol. The fraction of sp³-hybridized carbons (Fsp3) is 0.444. The predicted octanol–water partition coefficient (Wildman–Crippen LogP) is 1.11. The van der Waals surface area contributed by atoms with E-state index < -0.39 is 5.97 Å². The first-order valence-corrected chi connectivity index (χ1v) is 5.23. The summed E-state index contributed by atoms with van der Waals surface area (Å²) in [6, 6.07) is 3.64. The van der Waals surface area contributed by atoms with Crippen molar-refractivity contribution in [1.29, 1.82) is 0 Å². The van der Waals surface area contributed by atoms with Gasteiger partial charge in [0.15, 0.2) is 0 Å². The lowest BCUT2D eigenvalue weighted by molar-refractivity contribution is 0.0702. The molecule has 4 nitrogen and oxygen atoms in total. The van der Waals surface area contributed by atoms with E-state index >= 15 is 0 Å². The summed E-state index contributed by atoms with van der Waals surface area (Å²) in [7, 11) is 0. The monoisotopic (exact) mass is 213 g/mol. The Bertz CT molecular complexity index is 331. The van der Waals surface area contributed by atoms with Gasteiger partial charge in [0.05, 0.1) is 19.3 Å². The van der Waals surface area contributed by atoms with Crippen molar-refractivity contribution < 1.29 is 14.6 Å². The van der Waals surface area contributed by atoms with Gasteiger partial charge in [-0.15, -0.1) is 11.3 Å². The molecule has 0 unspecified atom stereocenters. The Morgan fingerprint density at radius 1 is 1.64 bits per heavy atom. The number of hydrogen-bond acceptors (Lipinski definition) is 4. The summed E-state index contributed by atoms with van der Waals surface area (Å²) in [5.74, 6) is -0.863. The van der Waals surface area contributed by atoms with E-state index in [0.717, 1.165) is 18.0 Å². The summed E-state index contributed by atoms with van der Waals surface area (Å²) in [5, 5.41) is 12.0. The SMILES string of the molecule is O=C(O)c1ccc([C@H]2COCCN2)s1. The summed E-state index contributed by atoms with van der Waals surface area (Å²) in [6.07, 6.45) is 0. The predicted molar refractivity (Wildman–Crippen MR) is 52.8 cm³/mol. The summed E-state index contributed by atoms with van der Waals surface area (Å²) in [6.45, 7) is 2.18. The van der Waals surface area contributed by atoms with Gasteiger partial charge in [-0.1, -0.05) is 0 Å². The standard InChI is InChI=1S/C9H11NO3S/c11-9(12)8-2-1-7(14-8)6-5-13-4-3-10-6/h1-2,6,10H,3-5H2,(H,11,12)/t6-/m1/s1. The summed E-state index contributed by atoms with van der Waals surface area (Å²) in [5.41, 5.74) is 0. The maximum Gasteiger partial charge on any atom is 0.345 e. The van der Waals surface area contributed by atoms with Gasteiger partial charge in [-0.25, -0.2) is 4.79 Å². The van der Waals surface area contributed by atoms with E-state index in [-0.39, 0.29) is 6.04 Å². The molecule has 0 spiro atoms. The van der Waals surface area contributed by atoms with Crippen molar-refractivity contribution in [3.63, 3.8) is 0 Å². The fourth-order valence-corrected chi connectivity index (χ4v) is 2.31. The van der Waals surface area contributed by atoms with Gasteiger partial charge in [-0.3, -0.25) is 0 Å². The molecule has 76 valence electrons. The van der Waals surface area contributed by atoms with Crippen LogP contribution in [-0.4, -0.2) is 30.8 Å². The van der Waals surface area contributed by atoms with Crippen molar-refractivity contribution in [2.45, 2.75) is 6.04 Å². The first-order chi connectivity index (χ1) is 6.77. The maximum atomic E-state index is 10.7. The molecule has 1 aromatic heterocycles. The number of thiophene rings is 1. The van der Waals surface area contributed by atoms with Crippen LogP contribution in [0, 0.1) is 0 Å². The van der Waals surface area contributed by atoms with E-state index in [1.165, 1.54) is 11.3 Å². The van der Waals surface area contributed by atoms with E-state index in [1.807, 2.05) is 6.07 Å². The second-order valence-corrected chi connectivity index (χ2v) is 4.20. The van der Waals surface area contributed by atoms with E-state index in [2.05, 4.69) is 5.32 Å². The summed E-state index contributed by atoms with van der Waals surface area (Å²) < 4.78 is 5.30. The van der Waals surface area contributed by atoms with Crippen molar-refractivity contribution >= 4 is 17.3 Å². The van der Waals surface area contributed by atoms with Crippen LogP contribution in [0.3, 0.4) is 0 Å². The minimum absolute atomic E-state index is 0.154.